The van der Waals surface area contributed by atoms with E-state index < -0.39 is 42.4 Å². The number of aromatic nitrogens is 3. The van der Waals surface area contributed by atoms with E-state index in [-0.39, 0.29) is 5.56 Å². The van der Waals surface area contributed by atoms with Gasteiger partial charge in [-0.05, 0) is 19.1 Å². The van der Waals surface area contributed by atoms with Crippen LogP contribution in [0, 0.1) is 6.92 Å². The summed E-state index contributed by atoms with van der Waals surface area (Å²) < 4.78 is 6.17. The van der Waals surface area contributed by atoms with Crippen molar-refractivity contribution < 1.29 is 20.1 Å². The van der Waals surface area contributed by atoms with Crippen molar-refractivity contribution in [1.29, 1.82) is 0 Å². The van der Waals surface area contributed by atoms with Crippen molar-refractivity contribution in [3.63, 3.8) is 0 Å². The summed E-state index contributed by atoms with van der Waals surface area (Å²) >= 11 is 0. The molecule has 0 unspecified atom stereocenters. The number of aliphatic hydroxyl groups is 3. The van der Waals surface area contributed by atoms with Crippen molar-refractivity contribution in [3.05, 3.63) is 63.2 Å². The van der Waals surface area contributed by atoms with Gasteiger partial charge in [-0.2, -0.15) is 0 Å². The normalized spacial score (nSPS) is 25.8. The highest BCUT2D eigenvalue weighted by atomic mass is 16.6. The molecule has 0 spiro atoms. The van der Waals surface area contributed by atoms with Crippen LogP contribution in [0.25, 0.3) is 0 Å². The Morgan fingerprint density at radius 1 is 1.21 bits per heavy atom. The molecule has 1 fully saturated rings. The molecule has 4 atom stereocenters. The quantitative estimate of drug-likeness (QED) is 0.525. The minimum atomic E-state index is -1.36. The van der Waals surface area contributed by atoms with Gasteiger partial charge < -0.3 is 20.1 Å². The van der Waals surface area contributed by atoms with Crippen LogP contribution in [0.3, 0.4) is 0 Å². The van der Waals surface area contributed by atoms with Gasteiger partial charge in [-0.3, -0.25) is 19.3 Å². The van der Waals surface area contributed by atoms with E-state index in [1.165, 1.54) is 13.1 Å². The van der Waals surface area contributed by atoms with Crippen molar-refractivity contribution in [2.45, 2.75) is 31.5 Å². The highest BCUT2D eigenvalue weighted by Gasteiger charge is 2.43. The Morgan fingerprint density at radius 2 is 1.88 bits per heavy atom. The monoisotopic (exact) mass is 337 g/mol. The molecular formula is C15H19N3O6. The largest absolute Gasteiger partial charge is 0.394 e. The predicted octanol–water partition coefficient (Wildman–Crippen LogP) is -1.46. The van der Waals surface area contributed by atoms with Crippen molar-refractivity contribution >= 4 is 0 Å². The molecule has 0 saturated carbocycles. The minimum Gasteiger partial charge on any atom is -0.394 e. The third-order valence-corrected chi connectivity index (χ3v) is 3.50. The van der Waals surface area contributed by atoms with Crippen LogP contribution >= 0.6 is 0 Å². The van der Waals surface area contributed by atoms with Gasteiger partial charge in [0.1, 0.15) is 18.3 Å². The first kappa shape index (κ1) is 18.0. The van der Waals surface area contributed by atoms with Gasteiger partial charge in [0.05, 0.1) is 6.61 Å². The molecule has 0 aliphatic carbocycles. The summed E-state index contributed by atoms with van der Waals surface area (Å²) in [4.78, 5) is 28.7. The van der Waals surface area contributed by atoms with Crippen molar-refractivity contribution in [3.8, 4) is 0 Å². The number of hydrogen-bond donors (Lipinski definition) is 4. The van der Waals surface area contributed by atoms with Gasteiger partial charge in [0.15, 0.2) is 6.23 Å². The van der Waals surface area contributed by atoms with Gasteiger partial charge in [-0.25, -0.2) is 4.79 Å². The zero-order valence-electron chi connectivity index (χ0n) is 12.9. The van der Waals surface area contributed by atoms with Crippen LogP contribution in [0.4, 0.5) is 0 Å². The zero-order chi connectivity index (χ0) is 17.7. The number of rotatable bonds is 2. The lowest BCUT2D eigenvalue weighted by molar-refractivity contribution is -0.0551. The molecule has 0 bridgehead atoms. The molecule has 24 heavy (non-hydrogen) atoms. The second kappa shape index (κ2) is 7.97. The van der Waals surface area contributed by atoms with Crippen LogP contribution in [0.1, 0.15) is 11.8 Å². The van der Waals surface area contributed by atoms with Crippen LogP contribution in [0.15, 0.2) is 46.4 Å². The second-order valence-electron chi connectivity index (χ2n) is 5.23. The topological polar surface area (TPSA) is 138 Å². The van der Waals surface area contributed by atoms with Crippen LogP contribution in [-0.4, -0.2) is 54.8 Å². The number of nitrogens with one attached hydrogen (secondary N) is 1. The van der Waals surface area contributed by atoms with E-state index in [0.29, 0.717) is 0 Å². The van der Waals surface area contributed by atoms with Crippen molar-refractivity contribution in [2.75, 3.05) is 6.61 Å². The fourth-order valence-corrected chi connectivity index (χ4v) is 2.20. The summed E-state index contributed by atoms with van der Waals surface area (Å²) in [7, 11) is 0. The van der Waals surface area contributed by atoms with E-state index in [0.717, 1.165) is 4.57 Å². The number of aliphatic hydroxyl groups excluding tert-OH is 3. The fraction of sp³-hybridized carbons (Fsp3) is 0.400. The van der Waals surface area contributed by atoms with Gasteiger partial charge in [0.25, 0.3) is 5.56 Å². The summed E-state index contributed by atoms with van der Waals surface area (Å²) in [5, 5.41) is 28.3. The van der Waals surface area contributed by atoms with Crippen molar-refractivity contribution in [1.82, 2.24) is 14.5 Å². The lowest BCUT2D eigenvalue weighted by Gasteiger charge is -2.17. The van der Waals surface area contributed by atoms with Crippen molar-refractivity contribution in [2.24, 2.45) is 0 Å². The summed E-state index contributed by atoms with van der Waals surface area (Å²) in [6.45, 7) is 1.02. The Balaban J connectivity index is 0.000000292. The zero-order valence-corrected chi connectivity index (χ0v) is 12.9. The molecule has 2 aromatic rings. The summed E-state index contributed by atoms with van der Waals surface area (Å²) in [6.07, 6.45) is -0.0183. The number of ether oxygens (including phenoxy) is 1. The average molecular weight is 337 g/mol. The molecular weight excluding hydrogens is 318 g/mol. The van der Waals surface area contributed by atoms with Crippen LogP contribution < -0.4 is 11.2 Å². The Kier molecular flexibility index (Phi) is 5.99. The predicted molar refractivity (Wildman–Crippen MR) is 83.3 cm³/mol. The summed E-state index contributed by atoms with van der Waals surface area (Å²) in [5.74, 6) is 0. The number of hydrogen-bond acceptors (Lipinski definition) is 7. The lowest BCUT2D eigenvalue weighted by atomic mass is 10.1. The van der Waals surface area contributed by atoms with Crippen LogP contribution in [0.5, 0.6) is 0 Å². The molecule has 1 saturated heterocycles. The van der Waals surface area contributed by atoms with Gasteiger partial charge in [0.2, 0.25) is 0 Å². The molecule has 4 N–H and O–H groups in total. The van der Waals surface area contributed by atoms with E-state index in [1.807, 2.05) is 18.2 Å². The average Bonchev–Trinajstić information content (AvgIpc) is 2.88. The number of pyridine rings is 1. The van der Waals surface area contributed by atoms with Gasteiger partial charge in [-0.15, -0.1) is 0 Å². The summed E-state index contributed by atoms with van der Waals surface area (Å²) in [5.41, 5.74) is -1.00. The minimum absolute atomic E-state index is 0.271. The Bertz CT molecular complexity index is 733. The molecule has 3 rings (SSSR count). The maximum Gasteiger partial charge on any atom is 0.330 e. The molecule has 9 heteroatoms. The SMILES string of the molecule is Cc1cn([C@@H]2O[C@H](CO)[C@@H](O)[C@H]2O)c(=O)[nH]c1=O.c1ccncc1. The maximum atomic E-state index is 11.6. The highest BCUT2D eigenvalue weighted by molar-refractivity contribution is 5.03. The second-order valence-corrected chi connectivity index (χ2v) is 5.23. The molecule has 2 aromatic heterocycles. The highest BCUT2D eigenvalue weighted by Crippen LogP contribution is 2.27. The van der Waals surface area contributed by atoms with E-state index in [2.05, 4.69) is 9.97 Å². The molecule has 0 aromatic carbocycles. The number of aromatic amines is 1. The molecule has 3 heterocycles. The van der Waals surface area contributed by atoms with Crippen LogP contribution in [-0.2, 0) is 4.74 Å². The smallest absolute Gasteiger partial charge is 0.330 e. The Hall–Kier alpha value is -2.33. The third-order valence-electron chi connectivity index (χ3n) is 3.50. The van der Waals surface area contributed by atoms with Gasteiger partial charge in [0, 0.05) is 24.2 Å². The first-order valence-electron chi connectivity index (χ1n) is 7.25. The summed E-state index contributed by atoms with van der Waals surface area (Å²) in [6, 6.07) is 5.72. The van der Waals surface area contributed by atoms with E-state index in [4.69, 9.17) is 9.84 Å². The molecule has 0 radical (unpaired) electrons. The van der Waals surface area contributed by atoms with E-state index >= 15 is 0 Å². The Labute approximate surface area is 136 Å². The molecule has 9 nitrogen and oxygen atoms in total. The maximum absolute atomic E-state index is 11.6. The molecule has 1 aliphatic rings. The van der Waals surface area contributed by atoms with Gasteiger partial charge >= 0.3 is 5.69 Å². The number of aryl methyl sites for hydroxylation is 1. The fourth-order valence-electron chi connectivity index (χ4n) is 2.20. The first-order chi connectivity index (χ1) is 11.5. The Morgan fingerprint density at radius 3 is 2.33 bits per heavy atom. The molecule has 0 amide bonds. The van der Waals surface area contributed by atoms with Gasteiger partial charge in [-0.1, -0.05) is 6.07 Å². The lowest BCUT2D eigenvalue weighted by Crippen LogP contribution is -2.38. The van der Waals surface area contributed by atoms with E-state index in [9.17, 15) is 19.8 Å². The first-order valence-corrected chi connectivity index (χ1v) is 7.25. The standard InChI is InChI=1S/C10H14N2O6.C5H5N/c1-4-2-12(10(17)11-8(4)16)9-7(15)6(14)5(3-13)18-9;1-2-4-6-5-3-1/h2,5-7,9,13-15H,3H2,1H3,(H,11,16,17);1-5H/t5-,6-,7-,9-;/m1./s1. The van der Waals surface area contributed by atoms with Crippen LogP contribution in [0.2, 0.25) is 0 Å². The molecule has 130 valence electrons. The third kappa shape index (κ3) is 3.95. The number of H-pyrrole nitrogens is 1. The number of nitrogens with zero attached hydrogens (tertiary/aromatic N) is 2. The van der Waals surface area contributed by atoms with E-state index in [1.54, 1.807) is 12.4 Å². The molecule has 1 aliphatic heterocycles.